The van der Waals surface area contributed by atoms with Crippen LogP contribution in [-0.4, -0.2) is 357 Å². The maximum Gasteiger partial charge on any atom is 0.322 e. The maximum atomic E-state index is 13.9. The third-order valence-corrected chi connectivity index (χ3v) is 17.4. The zero-order valence-electron chi connectivity index (χ0n) is 67.5. The van der Waals surface area contributed by atoms with E-state index in [2.05, 4.69) is 128 Å². The lowest BCUT2D eigenvalue weighted by molar-refractivity contribution is -0.142. The number of carboxylic acids is 2. The second-order valence-electron chi connectivity index (χ2n) is 28.0. The zero-order chi connectivity index (χ0) is 92.8. The minimum Gasteiger partial charge on any atom is -0.481 e. The predicted molar refractivity (Wildman–Crippen MR) is 427 cm³/mol. The van der Waals surface area contributed by atoms with Crippen LogP contribution in [0, 0.1) is 17.8 Å². The first kappa shape index (κ1) is 110. The van der Waals surface area contributed by atoms with Crippen LogP contribution in [0.5, 0.6) is 0 Å². The summed E-state index contributed by atoms with van der Waals surface area (Å²) in [5, 5.41) is 123. The van der Waals surface area contributed by atoms with Gasteiger partial charge in [0.2, 0.25) is 118 Å². The summed E-state index contributed by atoms with van der Waals surface area (Å²) < 4.78 is 0. The van der Waals surface area contributed by atoms with Gasteiger partial charge in [0.1, 0.15) is 85.1 Å². The minimum absolute atomic E-state index is 0.0759. The van der Waals surface area contributed by atoms with Gasteiger partial charge in [-0.1, -0.05) is 41.5 Å². The van der Waals surface area contributed by atoms with Gasteiger partial charge in [0.15, 0.2) is 0 Å². The van der Waals surface area contributed by atoms with E-state index in [4.69, 9.17) is 10.8 Å². The lowest BCUT2D eigenvalue weighted by Crippen LogP contribution is -2.63. The standard InChI is InChI=1S/C67H113N21O30S3/c1-27(2)10-33(55(106)75-19-50(103)104)76-48(100)18-74-56(107)36(20-89)80-61(112)38(22-91)82-60(111)37(21-90)77-47(99)17-72-45(97)15-70-43(95)13-69-44(96)14-71-46(98)16-73-57(108)40(24-119)85-66(117)52(31(8)93)87-59(110)34(11-28(3)4)78-63(114)41(25-120)84-62(113)39(23-92)81-58(109)35(12-49(101)102)79-65(116)51(29(5)6)86-67(118)53(32(9)94)88-64(115)42(26-121)83-54(105)30(7)68/h27-42,51-53,89-94,119-121H,10-26,68H2,1-9H3,(H,69,96)(H,70,95)(H,71,98)(H,72,97)(H,73,108)(H,74,107)(H,75,106)(H,76,100)(H,77,99)(H,78,114)(H,79,116)(H,80,112)(H,81,109)(H,82,111)(H,83,105)(H,84,113)(H,85,117)(H,86,118)(H,87,110)(H,88,115)(H,101,102)(H,103,104)/t30-,31+,32+,33-,34-,35-,36-,37-,38-,39-,40-,41-,42-,51-,52-,53-/m0/s1. The average molecular weight is 1790 g/mol. The molecule has 51 nitrogen and oxygen atoms in total. The van der Waals surface area contributed by atoms with E-state index < -0.39 is 329 Å². The number of aliphatic hydroxyl groups excluding tert-OH is 6. The number of aliphatic hydroxyl groups is 6. The highest BCUT2D eigenvalue weighted by Gasteiger charge is 2.39. The Hall–Kier alpha value is -10.9. The molecular formula is C67H113N21O30S3. The molecule has 0 spiro atoms. The van der Waals surface area contributed by atoms with Gasteiger partial charge in [-0.3, -0.25) is 105 Å². The van der Waals surface area contributed by atoms with Gasteiger partial charge in [0.05, 0.1) is 90.4 Å². The topological polar surface area (TPSA) is 804 Å². The number of aliphatic carboxylic acids is 2. The fourth-order valence-electron chi connectivity index (χ4n) is 9.76. The van der Waals surface area contributed by atoms with E-state index in [0.29, 0.717) is 0 Å². The lowest BCUT2D eigenvalue weighted by atomic mass is 10.0. The van der Waals surface area contributed by atoms with Crippen molar-refractivity contribution in [2.75, 3.05) is 89.5 Å². The number of nitrogens with one attached hydrogen (secondary N) is 20. The number of rotatable bonds is 57. The second kappa shape index (κ2) is 57.4. The van der Waals surface area contributed by atoms with Crippen LogP contribution >= 0.6 is 37.9 Å². The Kier molecular flexibility index (Phi) is 52.2. The summed E-state index contributed by atoms with van der Waals surface area (Å²) in [7, 11) is 0. The SMILES string of the molecule is CC(C)C[C@H](NC(=O)CNC(=O)[C@H](CO)NC(=O)[C@H](CO)NC(=O)[C@H](CO)NC(=O)CNC(=O)CNC(=O)CNC(=O)CNC(=O)CNC(=O)[C@H](CS)NC(=O)[C@@H](NC(=O)[C@H](CC(C)C)NC(=O)[C@H](CS)NC(=O)[C@H](CO)NC(=O)[C@H](CC(=O)O)NC(=O)[C@@H](NC(=O)[C@@H](NC(=O)[C@H](CS)NC(=O)[C@H](C)N)[C@@H](C)O)C(C)C)[C@@H](C)O)C(=O)NCC(=O)O. The Morgan fingerprint density at radius 1 is 0.264 bits per heavy atom. The summed E-state index contributed by atoms with van der Waals surface area (Å²) in [6.07, 6.45) is -4.60. The molecule has 20 amide bonds. The van der Waals surface area contributed by atoms with Gasteiger partial charge in [-0.05, 0) is 51.4 Å². The van der Waals surface area contributed by atoms with Gasteiger partial charge in [0, 0.05) is 17.3 Å². The highest BCUT2D eigenvalue weighted by Crippen LogP contribution is 2.11. The average Bonchev–Trinajstić information content (AvgIpc) is 0.865. The largest absolute Gasteiger partial charge is 0.481 e. The monoisotopic (exact) mass is 1790 g/mol. The van der Waals surface area contributed by atoms with Crippen LogP contribution in [0.4, 0.5) is 0 Å². The number of hydrogen-bond donors (Lipinski definition) is 32. The summed E-state index contributed by atoms with van der Waals surface area (Å²) in [5.41, 5.74) is 5.55. The second-order valence-corrected chi connectivity index (χ2v) is 29.1. The molecule has 0 radical (unpaired) electrons. The molecule has 684 valence electrons. The highest BCUT2D eigenvalue weighted by molar-refractivity contribution is 7.80. The van der Waals surface area contributed by atoms with Crippen molar-refractivity contribution >= 4 is 168 Å². The molecule has 0 aromatic carbocycles. The fourth-order valence-corrected chi connectivity index (χ4v) is 10.5. The summed E-state index contributed by atoms with van der Waals surface area (Å²) in [4.78, 5) is 283. The molecule has 0 aromatic rings. The first-order valence-corrected chi connectivity index (χ1v) is 39.1. The zero-order valence-corrected chi connectivity index (χ0v) is 70.2. The van der Waals surface area contributed by atoms with Crippen LogP contribution in [0.25, 0.3) is 0 Å². The molecule has 0 rings (SSSR count). The number of carbonyl (C=O) groups is 22. The molecule has 0 fully saturated rings. The van der Waals surface area contributed by atoms with Gasteiger partial charge in [-0.15, -0.1) is 0 Å². The van der Waals surface area contributed by atoms with E-state index in [1.807, 2.05) is 16.0 Å². The highest BCUT2D eigenvalue weighted by atomic mass is 32.1. The molecule has 16 atom stereocenters. The Bertz CT molecular complexity index is 3620. The Morgan fingerprint density at radius 3 is 0.868 bits per heavy atom. The fraction of sp³-hybridized carbons (Fsp3) is 0.672. The summed E-state index contributed by atoms with van der Waals surface area (Å²) in [6.45, 7) is 2.85. The Morgan fingerprint density at radius 2 is 0.504 bits per heavy atom. The molecule has 54 heteroatoms. The van der Waals surface area contributed by atoms with Crippen molar-refractivity contribution in [1.29, 1.82) is 0 Å². The van der Waals surface area contributed by atoms with Crippen LogP contribution in [0.3, 0.4) is 0 Å². The van der Waals surface area contributed by atoms with E-state index >= 15 is 0 Å². The smallest absolute Gasteiger partial charge is 0.322 e. The molecule has 0 heterocycles. The van der Waals surface area contributed by atoms with E-state index in [1.54, 1.807) is 27.7 Å². The Balaban J connectivity index is 5.57. The number of thiol groups is 3. The molecule has 0 saturated carbocycles. The third-order valence-electron chi connectivity index (χ3n) is 16.3. The molecule has 0 bridgehead atoms. The normalized spacial score (nSPS) is 15.0. The van der Waals surface area contributed by atoms with Crippen LogP contribution in [0.15, 0.2) is 0 Å². The van der Waals surface area contributed by atoms with Gasteiger partial charge in [-0.25, -0.2) is 0 Å². The van der Waals surface area contributed by atoms with Gasteiger partial charge in [0.25, 0.3) is 0 Å². The predicted octanol–water partition coefficient (Wildman–Crippen LogP) is -16.7. The molecule has 0 aliphatic carbocycles. The van der Waals surface area contributed by atoms with E-state index in [0.717, 1.165) is 13.8 Å². The van der Waals surface area contributed by atoms with Crippen molar-refractivity contribution in [3.8, 4) is 0 Å². The number of carboxylic acid groups (broad SMARTS) is 2. The third kappa shape index (κ3) is 43.3. The van der Waals surface area contributed by atoms with Crippen LogP contribution < -0.4 is 112 Å². The van der Waals surface area contributed by atoms with Crippen LogP contribution in [0.2, 0.25) is 0 Å². The van der Waals surface area contributed by atoms with Gasteiger partial charge < -0.3 is 153 Å². The molecule has 0 unspecified atom stereocenters. The number of amides is 20. The molecule has 0 saturated heterocycles. The van der Waals surface area contributed by atoms with Gasteiger partial charge >= 0.3 is 11.9 Å². The lowest BCUT2D eigenvalue weighted by Gasteiger charge is -2.29. The van der Waals surface area contributed by atoms with Crippen molar-refractivity contribution in [3.05, 3.63) is 0 Å². The molecule has 0 aromatic heterocycles. The van der Waals surface area contributed by atoms with Crippen molar-refractivity contribution in [2.24, 2.45) is 23.5 Å². The minimum atomic E-state index is -2.04. The van der Waals surface area contributed by atoms with Crippen LogP contribution in [-0.2, 0) is 105 Å². The molecule has 121 heavy (non-hydrogen) atoms. The maximum absolute atomic E-state index is 13.9. The summed E-state index contributed by atoms with van der Waals surface area (Å²) in [6, 6.07) is -23.2. The van der Waals surface area contributed by atoms with E-state index in [9.17, 15) is 141 Å². The summed E-state index contributed by atoms with van der Waals surface area (Å²) in [5.74, 6) is -27.4. The number of hydrogen-bond acceptors (Lipinski definition) is 32. The van der Waals surface area contributed by atoms with Crippen molar-refractivity contribution < 1.29 is 146 Å². The first-order chi connectivity index (χ1) is 56.5. The van der Waals surface area contributed by atoms with Crippen molar-refractivity contribution in [1.82, 2.24) is 106 Å². The molecule has 0 aliphatic rings. The quantitative estimate of drug-likeness (QED) is 0.0251. The number of carbonyl (C=O) groups excluding carboxylic acids is 20. The van der Waals surface area contributed by atoms with E-state index in [-0.39, 0.29) is 24.5 Å². The number of nitrogens with two attached hydrogens (primary N) is 1. The molecule has 0 aliphatic heterocycles. The summed E-state index contributed by atoms with van der Waals surface area (Å²) >= 11 is 12.2. The van der Waals surface area contributed by atoms with Crippen molar-refractivity contribution in [3.63, 3.8) is 0 Å². The van der Waals surface area contributed by atoms with Gasteiger partial charge in [-0.2, -0.15) is 37.9 Å². The first-order valence-electron chi connectivity index (χ1n) is 37.2. The molecule has 30 N–H and O–H groups in total. The Labute approximate surface area is 709 Å². The van der Waals surface area contributed by atoms with Crippen LogP contribution in [0.1, 0.15) is 81.6 Å². The van der Waals surface area contributed by atoms with Crippen molar-refractivity contribution in [2.45, 2.75) is 178 Å². The van der Waals surface area contributed by atoms with E-state index in [1.165, 1.54) is 20.8 Å². The molecular weight excluding hydrogens is 1680 g/mol.